The highest BCUT2D eigenvalue weighted by molar-refractivity contribution is 9.10. The molecule has 1 N–H and O–H groups in total. The fraction of sp³-hybridized carbons (Fsp3) is 0. The summed E-state index contributed by atoms with van der Waals surface area (Å²) in [4.78, 5) is 21.5. The van der Waals surface area contributed by atoms with E-state index in [1.165, 1.54) is 12.5 Å². The minimum atomic E-state index is -0.172. The molecule has 2 heterocycles. The van der Waals surface area contributed by atoms with Crippen molar-refractivity contribution in [3.8, 4) is 0 Å². The van der Waals surface area contributed by atoms with Crippen LogP contribution < -0.4 is 5.56 Å². The summed E-state index contributed by atoms with van der Waals surface area (Å²) in [5, 5.41) is 0.492. The quantitative estimate of drug-likeness (QED) is 0.731. The largest absolute Gasteiger partial charge is 0.313 e. The van der Waals surface area contributed by atoms with E-state index in [0.717, 1.165) is 4.47 Å². The monoisotopic (exact) mass is 225 g/mol. The summed E-state index contributed by atoms with van der Waals surface area (Å²) in [6, 6.07) is 0. The predicted octanol–water partition coefficient (Wildman–Crippen LogP) is 1.08. The van der Waals surface area contributed by atoms with Crippen LogP contribution in [0.5, 0.6) is 0 Å². The summed E-state index contributed by atoms with van der Waals surface area (Å²) in [7, 11) is 0. The van der Waals surface area contributed by atoms with Crippen molar-refractivity contribution in [2.45, 2.75) is 0 Å². The first-order valence-electron chi connectivity index (χ1n) is 3.26. The van der Waals surface area contributed by atoms with Gasteiger partial charge in [0.15, 0.2) is 0 Å². The highest BCUT2D eigenvalue weighted by Gasteiger charge is 2.01. The lowest BCUT2D eigenvalue weighted by molar-refractivity contribution is 1.15. The van der Waals surface area contributed by atoms with Crippen molar-refractivity contribution in [2.75, 3.05) is 0 Å². The van der Waals surface area contributed by atoms with Crippen molar-refractivity contribution in [3.05, 3.63) is 33.5 Å². The molecule has 0 saturated heterocycles. The third-order valence-corrected chi connectivity index (χ3v) is 2.09. The molecule has 0 fully saturated rings. The Morgan fingerprint density at radius 3 is 3.00 bits per heavy atom. The molecule has 60 valence electrons. The number of hydrogen-bond donors (Lipinski definition) is 1. The van der Waals surface area contributed by atoms with Crippen LogP contribution in [0.1, 0.15) is 0 Å². The Bertz CT molecular complexity index is 479. The molecule has 4 nitrogen and oxygen atoms in total. The molecule has 0 saturated carbocycles. The van der Waals surface area contributed by atoms with Gasteiger partial charge in [-0.1, -0.05) is 0 Å². The molecule has 12 heavy (non-hydrogen) atoms. The van der Waals surface area contributed by atoms with E-state index in [9.17, 15) is 4.79 Å². The number of rotatable bonds is 0. The summed E-state index contributed by atoms with van der Waals surface area (Å²) in [5.41, 5.74) is 0.461. The number of fused-ring (bicyclic) bond motifs is 1. The van der Waals surface area contributed by atoms with Crippen molar-refractivity contribution in [2.24, 2.45) is 0 Å². The minimum absolute atomic E-state index is 0.172. The fourth-order valence-electron chi connectivity index (χ4n) is 0.959. The molecule has 0 unspecified atom stereocenters. The number of halogens is 1. The van der Waals surface area contributed by atoms with E-state index in [1.807, 2.05) is 0 Å². The van der Waals surface area contributed by atoms with E-state index < -0.39 is 0 Å². The molecule has 0 aliphatic heterocycles. The average molecular weight is 226 g/mol. The first-order chi connectivity index (χ1) is 5.79. The van der Waals surface area contributed by atoms with Gasteiger partial charge in [0.25, 0.3) is 5.56 Å². The summed E-state index contributed by atoms with van der Waals surface area (Å²) < 4.78 is 0.728. The van der Waals surface area contributed by atoms with Gasteiger partial charge in [-0.2, -0.15) is 0 Å². The van der Waals surface area contributed by atoms with Gasteiger partial charge in [-0.3, -0.25) is 9.78 Å². The topological polar surface area (TPSA) is 58.6 Å². The molecule has 0 atom stereocenters. The molecular formula is C7H4BrN3O. The van der Waals surface area contributed by atoms with Crippen molar-refractivity contribution in [1.29, 1.82) is 0 Å². The second kappa shape index (κ2) is 2.67. The smallest absolute Gasteiger partial charge is 0.260 e. The number of nitrogens with zero attached hydrogens (tertiary/aromatic N) is 2. The van der Waals surface area contributed by atoms with Crippen LogP contribution in [0.15, 0.2) is 28.0 Å². The van der Waals surface area contributed by atoms with Crippen LogP contribution in [0.2, 0.25) is 0 Å². The van der Waals surface area contributed by atoms with E-state index >= 15 is 0 Å². The Balaban J connectivity index is 3.05. The van der Waals surface area contributed by atoms with E-state index in [0.29, 0.717) is 10.9 Å². The number of aromatic amines is 1. The molecular weight excluding hydrogens is 222 g/mol. The van der Waals surface area contributed by atoms with Gasteiger partial charge < -0.3 is 4.98 Å². The van der Waals surface area contributed by atoms with Crippen LogP contribution in [0.4, 0.5) is 0 Å². The molecule has 0 amide bonds. The second-order valence-corrected chi connectivity index (χ2v) is 3.10. The van der Waals surface area contributed by atoms with Crippen LogP contribution in [-0.2, 0) is 0 Å². The zero-order chi connectivity index (χ0) is 8.55. The number of nitrogens with one attached hydrogen (secondary N) is 1. The molecule has 0 aliphatic carbocycles. The lowest BCUT2D eigenvalue weighted by Crippen LogP contribution is -2.06. The highest BCUT2D eigenvalue weighted by atomic mass is 79.9. The van der Waals surface area contributed by atoms with Crippen molar-refractivity contribution in [1.82, 2.24) is 15.0 Å². The van der Waals surface area contributed by atoms with E-state index in [4.69, 9.17) is 0 Å². The molecule has 0 aliphatic rings. The van der Waals surface area contributed by atoms with Gasteiger partial charge in [-0.05, 0) is 15.9 Å². The lowest BCUT2D eigenvalue weighted by atomic mass is 10.3. The zero-order valence-corrected chi connectivity index (χ0v) is 7.50. The summed E-state index contributed by atoms with van der Waals surface area (Å²) in [6.07, 6.45) is 4.47. The highest BCUT2D eigenvalue weighted by Crippen LogP contribution is 2.16. The van der Waals surface area contributed by atoms with Crippen molar-refractivity contribution < 1.29 is 0 Å². The number of pyridine rings is 1. The van der Waals surface area contributed by atoms with Gasteiger partial charge in [0.1, 0.15) is 0 Å². The van der Waals surface area contributed by atoms with Gasteiger partial charge in [0.2, 0.25) is 0 Å². The molecule has 5 heteroatoms. The summed E-state index contributed by atoms with van der Waals surface area (Å²) >= 11 is 3.25. The zero-order valence-electron chi connectivity index (χ0n) is 5.91. The molecule has 2 aromatic rings. The molecule has 0 bridgehead atoms. The minimum Gasteiger partial charge on any atom is -0.313 e. The Kier molecular flexibility index (Phi) is 1.65. The SMILES string of the molecule is O=c1[nH]cnc2c(Br)cncc12. The first-order valence-corrected chi connectivity index (χ1v) is 4.05. The molecule has 2 rings (SSSR count). The normalized spacial score (nSPS) is 10.4. The maximum absolute atomic E-state index is 11.2. The van der Waals surface area contributed by atoms with Crippen LogP contribution in [0, 0.1) is 0 Å². The van der Waals surface area contributed by atoms with E-state index in [-0.39, 0.29) is 5.56 Å². The Labute approximate surface area is 75.8 Å². The number of hydrogen-bond acceptors (Lipinski definition) is 3. The number of aromatic nitrogens is 3. The van der Waals surface area contributed by atoms with Crippen LogP contribution in [-0.4, -0.2) is 15.0 Å². The van der Waals surface area contributed by atoms with Crippen LogP contribution in [0.3, 0.4) is 0 Å². The standard InChI is InChI=1S/C7H4BrN3O/c8-5-2-9-1-4-6(5)10-3-11-7(4)12/h1-3H,(H,10,11,12). The molecule has 0 radical (unpaired) electrons. The maximum atomic E-state index is 11.2. The average Bonchev–Trinajstić information content (AvgIpc) is 2.07. The van der Waals surface area contributed by atoms with Gasteiger partial charge >= 0.3 is 0 Å². The summed E-state index contributed by atoms with van der Waals surface area (Å²) in [6.45, 7) is 0. The van der Waals surface area contributed by atoms with Gasteiger partial charge in [-0.25, -0.2) is 4.98 Å². The predicted molar refractivity (Wildman–Crippen MR) is 47.9 cm³/mol. The second-order valence-electron chi connectivity index (χ2n) is 2.25. The number of H-pyrrole nitrogens is 1. The van der Waals surface area contributed by atoms with Crippen molar-refractivity contribution in [3.63, 3.8) is 0 Å². The molecule has 0 spiro atoms. The van der Waals surface area contributed by atoms with Crippen LogP contribution in [0.25, 0.3) is 10.9 Å². The van der Waals surface area contributed by atoms with Gasteiger partial charge in [0, 0.05) is 12.4 Å². The Morgan fingerprint density at radius 2 is 2.25 bits per heavy atom. The van der Waals surface area contributed by atoms with E-state index in [1.54, 1.807) is 6.20 Å². The summed E-state index contributed by atoms with van der Waals surface area (Å²) in [5.74, 6) is 0. The van der Waals surface area contributed by atoms with Crippen LogP contribution >= 0.6 is 15.9 Å². The third-order valence-electron chi connectivity index (χ3n) is 1.51. The molecule has 2 aromatic heterocycles. The maximum Gasteiger partial charge on any atom is 0.260 e. The Morgan fingerprint density at radius 1 is 1.42 bits per heavy atom. The van der Waals surface area contributed by atoms with Gasteiger partial charge in [-0.15, -0.1) is 0 Å². The van der Waals surface area contributed by atoms with Crippen molar-refractivity contribution >= 4 is 26.8 Å². The van der Waals surface area contributed by atoms with Gasteiger partial charge in [0.05, 0.1) is 21.7 Å². The third kappa shape index (κ3) is 1.02. The molecule has 0 aromatic carbocycles. The first kappa shape index (κ1) is 7.42. The van der Waals surface area contributed by atoms with E-state index in [2.05, 4.69) is 30.9 Å². The Hall–Kier alpha value is -1.23. The lowest BCUT2D eigenvalue weighted by Gasteiger charge is -1.95. The fourth-order valence-corrected chi connectivity index (χ4v) is 1.39.